The lowest BCUT2D eigenvalue weighted by Gasteiger charge is -2.15. The molecular formula is C19H23N3O3Si. The Morgan fingerprint density at radius 2 is 1.92 bits per heavy atom. The maximum absolute atomic E-state index is 11.1. The summed E-state index contributed by atoms with van der Waals surface area (Å²) in [5, 5.41) is 16.7. The molecular weight excluding hydrogens is 346 g/mol. The van der Waals surface area contributed by atoms with Gasteiger partial charge < -0.3 is 4.74 Å². The van der Waals surface area contributed by atoms with Crippen molar-refractivity contribution < 1.29 is 9.66 Å². The number of rotatable bonds is 7. The van der Waals surface area contributed by atoms with E-state index in [1.165, 1.54) is 6.07 Å². The summed E-state index contributed by atoms with van der Waals surface area (Å²) < 4.78 is 7.67. The van der Waals surface area contributed by atoms with Gasteiger partial charge in [0.25, 0.3) is 5.69 Å². The second-order valence-electron chi connectivity index (χ2n) is 7.52. The molecule has 3 rings (SSSR count). The number of non-ortho nitro benzene ring substituents is 1. The fourth-order valence-electron chi connectivity index (χ4n) is 2.74. The van der Waals surface area contributed by atoms with Crippen LogP contribution in [0.25, 0.3) is 22.2 Å². The summed E-state index contributed by atoms with van der Waals surface area (Å²) in [4.78, 5) is 10.7. The average molecular weight is 369 g/mol. The van der Waals surface area contributed by atoms with Crippen LogP contribution in [0, 0.1) is 10.1 Å². The summed E-state index contributed by atoms with van der Waals surface area (Å²) in [6, 6.07) is 15.6. The first-order chi connectivity index (χ1) is 12.3. The zero-order chi connectivity index (χ0) is 18.7. The molecule has 0 unspecified atom stereocenters. The van der Waals surface area contributed by atoms with Crippen molar-refractivity contribution in [3.05, 3.63) is 58.6 Å². The van der Waals surface area contributed by atoms with Crippen molar-refractivity contribution >= 4 is 24.7 Å². The molecule has 0 saturated heterocycles. The Kier molecular flexibility index (Phi) is 5.20. The van der Waals surface area contributed by atoms with Crippen molar-refractivity contribution in [2.75, 3.05) is 6.61 Å². The number of aromatic nitrogens is 2. The van der Waals surface area contributed by atoms with E-state index in [1.807, 2.05) is 35.0 Å². The molecule has 0 radical (unpaired) electrons. The smallest absolute Gasteiger partial charge is 0.270 e. The van der Waals surface area contributed by atoms with Crippen molar-refractivity contribution in [1.82, 2.24) is 9.78 Å². The Hall–Kier alpha value is -2.51. The zero-order valence-electron chi connectivity index (χ0n) is 15.3. The Morgan fingerprint density at radius 3 is 2.65 bits per heavy atom. The Bertz CT molecular complexity index is 931. The molecule has 0 aliphatic heterocycles. The van der Waals surface area contributed by atoms with Gasteiger partial charge in [0.2, 0.25) is 0 Å². The van der Waals surface area contributed by atoms with Crippen LogP contribution in [0.15, 0.2) is 48.5 Å². The highest BCUT2D eigenvalue weighted by molar-refractivity contribution is 6.76. The molecule has 0 saturated carbocycles. The summed E-state index contributed by atoms with van der Waals surface area (Å²) >= 11 is 0. The molecule has 0 amide bonds. The quantitative estimate of drug-likeness (QED) is 0.256. The van der Waals surface area contributed by atoms with Gasteiger partial charge in [0.15, 0.2) is 0 Å². The number of para-hydroxylation sites is 1. The van der Waals surface area contributed by atoms with Gasteiger partial charge in [-0.3, -0.25) is 10.1 Å². The molecule has 0 spiro atoms. The van der Waals surface area contributed by atoms with Crippen molar-refractivity contribution in [3.63, 3.8) is 0 Å². The molecule has 136 valence electrons. The zero-order valence-corrected chi connectivity index (χ0v) is 16.3. The van der Waals surface area contributed by atoms with Crippen LogP contribution in [0.3, 0.4) is 0 Å². The predicted molar refractivity (Wildman–Crippen MR) is 106 cm³/mol. The van der Waals surface area contributed by atoms with Gasteiger partial charge in [-0.1, -0.05) is 50.0 Å². The number of nitro benzene ring substituents is 1. The lowest BCUT2D eigenvalue weighted by Crippen LogP contribution is -2.22. The maximum Gasteiger partial charge on any atom is 0.270 e. The van der Waals surface area contributed by atoms with Crippen LogP contribution < -0.4 is 0 Å². The molecule has 6 nitrogen and oxygen atoms in total. The fraction of sp³-hybridized carbons (Fsp3) is 0.316. The van der Waals surface area contributed by atoms with Gasteiger partial charge in [0.05, 0.1) is 10.4 Å². The molecule has 1 aromatic heterocycles. The second kappa shape index (κ2) is 7.39. The number of hydrogen-bond acceptors (Lipinski definition) is 4. The molecule has 1 heterocycles. The third-order valence-electron chi connectivity index (χ3n) is 4.20. The van der Waals surface area contributed by atoms with Crippen LogP contribution in [-0.2, 0) is 11.5 Å². The topological polar surface area (TPSA) is 70.2 Å². The van der Waals surface area contributed by atoms with Crippen molar-refractivity contribution in [2.24, 2.45) is 0 Å². The third kappa shape index (κ3) is 4.17. The Balaban J connectivity index is 1.90. The number of nitrogens with zero attached hydrogens (tertiary/aromatic N) is 3. The third-order valence-corrected chi connectivity index (χ3v) is 5.90. The Morgan fingerprint density at radius 1 is 1.15 bits per heavy atom. The minimum Gasteiger partial charge on any atom is -0.360 e. The Labute approximate surface area is 153 Å². The lowest BCUT2D eigenvalue weighted by molar-refractivity contribution is -0.384. The van der Waals surface area contributed by atoms with Gasteiger partial charge in [-0.05, 0) is 12.1 Å². The van der Waals surface area contributed by atoms with E-state index in [9.17, 15) is 10.1 Å². The standard InChI is InChI=1S/C19H23N3O3Si/c1-26(2,3)12-11-25-14-21-18-10-5-4-9-17(18)19(20-21)15-7-6-8-16(13-15)22(23)24/h4-10,13H,11-12,14H2,1-3H3. The van der Waals surface area contributed by atoms with Gasteiger partial charge in [-0.2, -0.15) is 5.10 Å². The van der Waals surface area contributed by atoms with E-state index >= 15 is 0 Å². The SMILES string of the molecule is C[Si](C)(C)CCOCn1nc(-c2cccc([N+](=O)[O-])c2)c2ccccc21. The number of fused-ring (bicyclic) bond motifs is 1. The van der Waals surface area contributed by atoms with Crippen LogP contribution in [0.5, 0.6) is 0 Å². The minimum absolute atomic E-state index is 0.0625. The first-order valence-corrected chi connectivity index (χ1v) is 12.3. The van der Waals surface area contributed by atoms with E-state index in [0.717, 1.165) is 34.8 Å². The van der Waals surface area contributed by atoms with E-state index in [2.05, 4.69) is 24.7 Å². The molecule has 2 aromatic carbocycles. The highest BCUT2D eigenvalue weighted by atomic mass is 28.3. The van der Waals surface area contributed by atoms with Crippen molar-refractivity contribution in [2.45, 2.75) is 32.4 Å². The fourth-order valence-corrected chi connectivity index (χ4v) is 3.49. The molecule has 0 aliphatic carbocycles. The molecule has 0 fully saturated rings. The van der Waals surface area contributed by atoms with Crippen LogP contribution in [0.2, 0.25) is 25.7 Å². The molecule has 0 bridgehead atoms. The van der Waals surface area contributed by atoms with Crippen molar-refractivity contribution in [1.29, 1.82) is 0 Å². The van der Waals surface area contributed by atoms with Crippen LogP contribution in [0.4, 0.5) is 5.69 Å². The largest absolute Gasteiger partial charge is 0.360 e. The van der Waals surface area contributed by atoms with Gasteiger partial charge in [0, 0.05) is 37.8 Å². The highest BCUT2D eigenvalue weighted by Gasteiger charge is 2.16. The highest BCUT2D eigenvalue weighted by Crippen LogP contribution is 2.30. The van der Waals surface area contributed by atoms with E-state index in [1.54, 1.807) is 12.1 Å². The van der Waals surface area contributed by atoms with E-state index in [0.29, 0.717) is 6.73 Å². The first kappa shape index (κ1) is 18.3. The summed E-state index contributed by atoms with van der Waals surface area (Å²) in [7, 11) is -1.13. The molecule has 0 N–H and O–H groups in total. The molecule has 26 heavy (non-hydrogen) atoms. The summed E-state index contributed by atoms with van der Waals surface area (Å²) in [5.41, 5.74) is 2.49. The predicted octanol–water partition coefficient (Wildman–Crippen LogP) is 4.92. The summed E-state index contributed by atoms with van der Waals surface area (Å²) in [6.45, 7) is 8.05. The first-order valence-electron chi connectivity index (χ1n) is 8.63. The summed E-state index contributed by atoms with van der Waals surface area (Å²) in [6.07, 6.45) is 0. The lowest BCUT2D eigenvalue weighted by atomic mass is 10.1. The van der Waals surface area contributed by atoms with Crippen molar-refractivity contribution in [3.8, 4) is 11.3 Å². The molecule has 7 heteroatoms. The van der Waals surface area contributed by atoms with Gasteiger partial charge in [-0.15, -0.1) is 0 Å². The average Bonchev–Trinajstić information content (AvgIpc) is 2.97. The van der Waals surface area contributed by atoms with Crippen LogP contribution in [0.1, 0.15) is 0 Å². The van der Waals surface area contributed by atoms with E-state index < -0.39 is 8.07 Å². The maximum atomic E-state index is 11.1. The molecule has 3 aromatic rings. The number of nitro groups is 1. The normalized spacial score (nSPS) is 11.8. The van der Waals surface area contributed by atoms with E-state index in [-0.39, 0.29) is 10.6 Å². The number of benzene rings is 2. The molecule has 0 atom stereocenters. The second-order valence-corrected chi connectivity index (χ2v) is 13.1. The van der Waals surface area contributed by atoms with Gasteiger partial charge in [0.1, 0.15) is 12.4 Å². The van der Waals surface area contributed by atoms with Crippen LogP contribution >= 0.6 is 0 Å². The molecule has 0 aliphatic rings. The number of ether oxygens (including phenoxy) is 1. The van der Waals surface area contributed by atoms with E-state index in [4.69, 9.17) is 4.74 Å². The monoisotopic (exact) mass is 369 g/mol. The van der Waals surface area contributed by atoms with Gasteiger partial charge >= 0.3 is 0 Å². The summed E-state index contributed by atoms with van der Waals surface area (Å²) in [5.74, 6) is 0. The van der Waals surface area contributed by atoms with Gasteiger partial charge in [-0.25, -0.2) is 4.68 Å². The van der Waals surface area contributed by atoms with Crippen LogP contribution in [-0.4, -0.2) is 29.4 Å². The number of hydrogen-bond donors (Lipinski definition) is 0. The minimum atomic E-state index is -1.13.